The van der Waals surface area contributed by atoms with Crippen LogP contribution in [0.3, 0.4) is 0 Å². The number of methoxy groups -OCH3 is 1. The van der Waals surface area contributed by atoms with Gasteiger partial charge < -0.3 is 25.8 Å². The van der Waals surface area contributed by atoms with E-state index in [9.17, 15) is 9.90 Å². The second kappa shape index (κ2) is 11.8. The second-order valence-corrected chi connectivity index (χ2v) is 6.60. The van der Waals surface area contributed by atoms with Crippen LogP contribution in [0, 0.1) is 0 Å². The van der Waals surface area contributed by atoms with Gasteiger partial charge >= 0.3 is 0 Å². The molecular weight excluding hydrogens is 392 g/mol. The molecule has 2 aromatic carbocycles. The van der Waals surface area contributed by atoms with Gasteiger partial charge in [0.1, 0.15) is 11.5 Å². The summed E-state index contributed by atoms with van der Waals surface area (Å²) in [6.07, 6.45) is 0.705. The molecule has 0 radical (unpaired) electrons. The van der Waals surface area contributed by atoms with Crippen LogP contribution in [0.5, 0.6) is 11.5 Å². The third-order valence-electron chi connectivity index (χ3n) is 4.09. The van der Waals surface area contributed by atoms with Crippen LogP contribution in [0.2, 0.25) is 5.02 Å². The number of carbonyl (C=O) groups is 1. The quantitative estimate of drug-likeness (QED) is 0.285. The van der Waals surface area contributed by atoms with E-state index in [1.54, 1.807) is 25.3 Å². The largest absolute Gasteiger partial charge is 0.508 e. The Bertz CT molecular complexity index is 825. The van der Waals surface area contributed by atoms with Gasteiger partial charge in [-0.15, -0.1) is 0 Å². The molecule has 0 aliphatic carbocycles. The Hall–Kier alpha value is -2.93. The molecule has 0 saturated carbocycles. The normalized spacial score (nSPS) is 11.1. The zero-order valence-corrected chi connectivity index (χ0v) is 17.4. The number of nitrogens with one attached hydrogen (secondary N) is 3. The van der Waals surface area contributed by atoms with Crippen molar-refractivity contribution in [1.29, 1.82) is 0 Å². The van der Waals surface area contributed by atoms with Crippen molar-refractivity contribution in [1.82, 2.24) is 16.0 Å². The van der Waals surface area contributed by atoms with Crippen LogP contribution in [0.4, 0.5) is 0 Å². The smallest absolute Gasteiger partial charge is 0.251 e. The van der Waals surface area contributed by atoms with Gasteiger partial charge in [0.25, 0.3) is 5.91 Å². The standard InChI is InChI=1S/C21H27ClN4O3/c1-3-23-21(25-11-10-15-6-9-18(29-2)14-19(15)22)26-13-12-24-20(28)16-4-7-17(27)8-5-16/h4-9,14,27H,3,10-13H2,1-2H3,(H,24,28)(H2,23,25,26). The van der Waals surface area contributed by atoms with Crippen LogP contribution in [0.15, 0.2) is 47.5 Å². The number of phenols is 1. The summed E-state index contributed by atoms with van der Waals surface area (Å²) in [5.74, 6) is 1.34. The minimum Gasteiger partial charge on any atom is -0.508 e. The Morgan fingerprint density at radius 2 is 1.83 bits per heavy atom. The molecule has 0 aliphatic rings. The van der Waals surface area contributed by atoms with Gasteiger partial charge in [0.15, 0.2) is 5.96 Å². The van der Waals surface area contributed by atoms with Gasteiger partial charge in [0.2, 0.25) is 0 Å². The monoisotopic (exact) mass is 418 g/mol. The average Bonchev–Trinajstić information content (AvgIpc) is 2.72. The number of carbonyl (C=O) groups excluding carboxylic acids is 1. The predicted molar refractivity (Wildman–Crippen MR) is 116 cm³/mol. The highest BCUT2D eigenvalue weighted by atomic mass is 35.5. The number of hydrogen-bond donors (Lipinski definition) is 4. The highest BCUT2D eigenvalue weighted by Crippen LogP contribution is 2.22. The summed E-state index contributed by atoms with van der Waals surface area (Å²) in [7, 11) is 1.61. The molecule has 0 heterocycles. The van der Waals surface area contributed by atoms with Crippen LogP contribution in [0.1, 0.15) is 22.8 Å². The molecule has 4 N–H and O–H groups in total. The number of phenolic OH excluding ortho intramolecular Hbond substituents is 1. The molecule has 0 atom stereocenters. The van der Waals surface area contributed by atoms with Gasteiger partial charge in [-0.3, -0.25) is 9.79 Å². The van der Waals surface area contributed by atoms with Crippen LogP contribution >= 0.6 is 11.6 Å². The lowest BCUT2D eigenvalue weighted by Crippen LogP contribution is -2.41. The van der Waals surface area contributed by atoms with Crippen molar-refractivity contribution in [3.05, 3.63) is 58.6 Å². The lowest BCUT2D eigenvalue weighted by Gasteiger charge is -2.12. The van der Waals surface area contributed by atoms with Crippen LogP contribution in [-0.2, 0) is 6.42 Å². The molecule has 2 rings (SSSR count). The number of rotatable bonds is 9. The van der Waals surface area contributed by atoms with Crippen LogP contribution in [0.25, 0.3) is 0 Å². The lowest BCUT2D eigenvalue weighted by atomic mass is 10.1. The summed E-state index contributed by atoms with van der Waals surface area (Å²) in [4.78, 5) is 16.6. The van der Waals surface area contributed by atoms with Gasteiger partial charge in [0.05, 0.1) is 7.11 Å². The molecule has 0 spiro atoms. The van der Waals surface area contributed by atoms with Crippen molar-refractivity contribution >= 4 is 23.5 Å². The van der Waals surface area contributed by atoms with Gasteiger partial charge in [-0.25, -0.2) is 0 Å². The number of halogens is 1. The zero-order valence-electron chi connectivity index (χ0n) is 16.7. The third kappa shape index (κ3) is 7.54. The molecule has 0 bridgehead atoms. The molecule has 29 heavy (non-hydrogen) atoms. The molecule has 0 saturated heterocycles. The first-order valence-corrected chi connectivity index (χ1v) is 9.83. The van der Waals surface area contributed by atoms with Crippen molar-refractivity contribution in [2.24, 2.45) is 4.99 Å². The number of nitrogens with zero attached hydrogens (tertiary/aromatic N) is 1. The van der Waals surface area contributed by atoms with Crippen molar-refractivity contribution in [3.63, 3.8) is 0 Å². The Kier molecular flexibility index (Phi) is 9.11. The summed E-state index contributed by atoms with van der Waals surface area (Å²) >= 11 is 6.26. The zero-order chi connectivity index (χ0) is 21.1. The maximum atomic E-state index is 12.0. The highest BCUT2D eigenvalue weighted by molar-refractivity contribution is 6.31. The Morgan fingerprint density at radius 3 is 2.48 bits per heavy atom. The van der Waals surface area contributed by atoms with Gasteiger partial charge in [0, 0.05) is 36.8 Å². The van der Waals surface area contributed by atoms with Gasteiger partial charge in [-0.05, 0) is 55.3 Å². The van der Waals surface area contributed by atoms with Crippen molar-refractivity contribution < 1.29 is 14.6 Å². The number of amides is 1. The van der Waals surface area contributed by atoms with Crippen molar-refractivity contribution in [2.45, 2.75) is 13.3 Å². The van der Waals surface area contributed by atoms with E-state index in [0.717, 1.165) is 17.9 Å². The Balaban J connectivity index is 1.78. The average molecular weight is 419 g/mol. The van der Waals surface area contributed by atoms with E-state index in [1.165, 1.54) is 12.1 Å². The number of aliphatic imine (C=N–C) groups is 1. The summed E-state index contributed by atoms with van der Waals surface area (Å²) in [6, 6.07) is 11.7. The van der Waals surface area contributed by atoms with E-state index in [0.29, 0.717) is 42.6 Å². The van der Waals surface area contributed by atoms with Gasteiger partial charge in [-0.2, -0.15) is 0 Å². The Labute approximate surface area is 176 Å². The Morgan fingerprint density at radius 1 is 1.10 bits per heavy atom. The lowest BCUT2D eigenvalue weighted by molar-refractivity contribution is 0.0954. The number of guanidine groups is 1. The first kappa shape index (κ1) is 22.4. The molecular formula is C21H27ClN4O3. The SMILES string of the molecule is CCNC(=NCCc1ccc(OC)cc1Cl)NCCNC(=O)c1ccc(O)cc1. The number of benzene rings is 2. The van der Waals surface area contributed by atoms with E-state index < -0.39 is 0 Å². The molecule has 0 fully saturated rings. The third-order valence-corrected chi connectivity index (χ3v) is 4.44. The van der Waals surface area contributed by atoms with E-state index in [1.807, 2.05) is 19.1 Å². The van der Waals surface area contributed by atoms with Gasteiger partial charge in [-0.1, -0.05) is 17.7 Å². The minimum absolute atomic E-state index is 0.130. The number of hydrogen-bond acceptors (Lipinski definition) is 4. The van der Waals surface area contributed by atoms with Crippen LogP contribution < -0.4 is 20.7 Å². The summed E-state index contributed by atoms with van der Waals surface area (Å²) in [5, 5.41) is 19.1. The maximum absolute atomic E-state index is 12.0. The molecule has 0 aliphatic heterocycles. The second-order valence-electron chi connectivity index (χ2n) is 6.20. The molecule has 156 valence electrons. The fourth-order valence-corrected chi connectivity index (χ4v) is 2.82. The summed E-state index contributed by atoms with van der Waals surface area (Å²) in [6.45, 7) is 4.26. The van der Waals surface area contributed by atoms with E-state index in [-0.39, 0.29) is 11.7 Å². The molecule has 0 unspecified atom stereocenters. The van der Waals surface area contributed by atoms with E-state index in [4.69, 9.17) is 16.3 Å². The topological polar surface area (TPSA) is 95.0 Å². The number of ether oxygens (including phenoxy) is 1. The van der Waals surface area contributed by atoms with Crippen LogP contribution in [-0.4, -0.2) is 50.3 Å². The fraction of sp³-hybridized carbons (Fsp3) is 0.333. The fourth-order valence-electron chi connectivity index (χ4n) is 2.56. The number of aromatic hydroxyl groups is 1. The van der Waals surface area contributed by atoms with Crippen molar-refractivity contribution in [3.8, 4) is 11.5 Å². The summed E-state index contributed by atoms with van der Waals surface area (Å²) in [5.41, 5.74) is 1.51. The highest BCUT2D eigenvalue weighted by Gasteiger charge is 2.05. The predicted octanol–water partition coefficient (Wildman–Crippen LogP) is 2.58. The first-order chi connectivity index (χ1) is 14.0. The summed E-state index contributed by atoms with van der Waals surface area (Å²) < 4.78 is 5.16. The molecule has 7 nitrogen and oxygen atoms in total. The minimum atomic E-state index is -0.192. The first-order valence-electron chi connectivity index (χ1n) is 9.45. The maximum Gasteiger partial charge on any atom is 0.251 e. The van der Waals surface area contributed by atoms with Crippen molar-refractivity contribution in [2.75, 3.05) is 33.3 Å². The molecule has 1 amide bonds. The molecule has 8 heteroatoms. The van der Waals surface area contributed by atoms with E-state index >= 15 is 0 Å². The molecule has 0 aromatic heterocycles. The van der Waals surface area contributed by atoms with E-state index in [2.05, 4.69) is 20.9 Å². The molecule has 2 aromatic rings.